The Hall–Kier alpha value is -3.79. The van der Waals surface area contributed by atoms with E-state index in [2.05, 4.69) is 60.3 Å². The number of rotatable bonds is 3. The minimum Gasteiger partial charge on any atom is -0.366 e. The van der Waals surface area contributed by atoms with Crippen LogP contribution in [0.15, 0.2) is 115 Å². The second-order valence-electron chi connectivity index (χ2n) is 7.47. The third kappa shape index (κ3) is 6.61. The van der Waals surface area contributed by atoms with Crippen LogP contribution in [-0.4, -0.2) is 9.97 Å². The van der Waals surface area contributed by atoms with Gasteiger partial charge in [0.05, 0.1) is 11.4 Å². The number of nitrogens with zero attached hydrogens (tertiary/aromatic N) is 2. The molecule has 3 heteroatoms. The molecule has 0 aliphatic rings. The van der Waals surface area contributed by atoms with E-state index >= 15 is 0 Å². The van der Waals surface area contributed by atoms with Crippen LogP contribution in [0.2, 0.25) is 0 Å². The number of hydrogen-bond acceptors (Lipinski definition) is 2. The van der Waals surface area contributed by atoms with Crippen LogP contribution in [0, 0.1) is 25.3 Å². The Balaban J connectivity index is 0.000000308. The molecule has 5 aromatic rings. The maximum absolute atomic E-state index is 6.69. The van der Waals surface area contributed by atoms with Gasteiger partial charge in [-0.15, -0.1) is 53.6 Å². The third-order valence-electron chi connectivity index (χ3n) is 5.04. The van der Waals surface area contributed by atoms with Crippen LogP contribution >= 0.6 is 0 Å². The Labute approximate surface area is 216 Å². The molecule has 0 radical (unpaired) electrons. The molecule has 0 N–H and O–H groups in total. The normalized spacial score (nSPS) is 9.65. The predicted molar refractivity (Wildman–Crippen MR) is 135 cm³/mol. The zero-order chi connectivity index (χ0) is 22.9. The molecule has 5 rings (SSSR count). The zero-order valence-electron chi connectivity index (χ0n) is 18.7. The van der Waals surface area contributed by atoms with Crippen molar-refractivity contribution < 1.29 is 21.1 Å². The van der Waals surface area contributed by atoms with Crippen molar-refractivity contribution >= 4 is 0 Å². The fraction of sp³-hybridized carbons (Fsp3) is 0.0323. The van der Waals surface area contributed by atoms with Crippen LogP contribution in [0.25, 0.3) is 33.8 Å². The molecule has 34 heavy (non-hydrogen) atoms. The average molecular weight is 618 g/mol. The smallest absolute Gasteiger partial charge is 0.366 e. The van der Waals surface area contributed by atoms with E-state index in [0.29, 0.717) is 0 Å². The summed E-state index contributed by atoms with van der Waals surface area (Å²) in [6, 6.07) is 39.2. The van der Waals surface area contributed by atoms with E-state index in [1.807, 2.05) is 72.8 Å². The average Bonchev–Trinajstić information content (AvgIpc) is 2.91. The quantitative estimate of drug-likeness (QED) is 0.158. The molecule has 0 atom stereocenters. The van der Waals surface area contributed by atoms with Gasteiger partial charge in [-0.25, -0.2) is 0 Å². The van der Waals surface area contributed by atoms with Crippen molar-refractivity contribution in [1.29, 1.82) is 0 Å². The predicted octanol–water partition coefficient (Wildman–Crippen LogP) is 7.21. The van der Waals surface area contributed by atoms with E-state index in [-0.39, 0.29) is 21.1 Å². The molecular weight excluding hydrogens is 595 g/mol. The second-order valence-corrected chi connectivity index (χ2v) is 7.47. The van der Waals surface area contributed by atoms with Gasteiger partial charge in [-0.05, 0) is 41.9 Å². The summed E-state index contributed by atoms with van der Waals surface area (Å²) in [4.78, 5) is 9.28. The van der Waals surface area contributed by atoms with Gasteiger partial charge in [0, 0.05) is 6.20 Å². The molecule has 0 saturated carbocycles. The van der Waals surface area contributed by atoms with Crippen LogP contribution in [0.3, 0.4) is 0 Å². The molecule has 0 unspecified atom stereocenters. The van der Waals surface area contributed by atoms with Gasteiger partial charge in [-0.1, -0.05) is 60.2 Å². The molecule has 0 amide bonds. The maximum atomic E-state index is 6.69. The van der Waals surface area contributed by atoms with Gasteiger partial charge in [0.1, 0.15) is 0 Å². The van der Waals surface area contributed by atoms with Crippen LogP contribution in [0.1, 0.15) is 11.1 Å². The fourth-order valence-electron chi connectivity index (χ4n) is 3.30. The van der Waals surface area contributed by atoms with Gasteiger partial charge < -0.3 is 6.42 Å². The standard InChI is InChI=1S/C23H17N2.C8H5.Pt/c1-17-10-12-18(13-11-17)20-15-22(19-7-3-2-4-8-19)25-23(16-20)21-9-5-6-14-24-21;1-2-8-6-4-3-5-7-8;/h2-7,9-16H,1H3;3-7H;/q2*-1;+2. The number of hydrogen-bond donors (Lipinski definition) is 0. The van der Waals surface area contributed by atoms with Gasteiger partial charge in [-0.3, -0.25) is 15.9 Å². The monoisotopic (exact) mass is 617 g/mol. The first kappa shape index (κ1) is 24.8. The van der Waals surface area contributed by atoms with Gasteiger partial charge >= 0.3 is 21.1 Å². The van der Waals surface area contributed by atoms with Gasteiger partial charge in [0.25, 0.3) is 0 Å². The van der Waals surface area contributed by atoms with E-state index in [1.54, 1.807) is 6.20 Å². The second kappa shape index (κ2) is 12.4. The van der Waals surface area contributed by atoms with E-state index < -0.39 is 0 Å². The minimum absolute atomic E-state index is 0. The summed E-state index contributed by atoms with van der Waals surface area (Å²) in [5.41, 5.74) is 7.99. The molecule has 3 aromatic carbocycles. The van der Waals surface area contributed by atoms with Crippen molar-refractivity contribution in [2.24, 2.45) is 0 Å². The Bertz CT molecular complexity index is 1280. The van der Waals surface area contributed by atoms with Gasteiger partial charge in [0.2, 0.25) is 0 Å². The van der Waals surface area contributed by atoms with Crippen LogP contribution in [0.5, 0.6) is 0 Å². The third-order valence-corrected chi connectivity index (χ3v) is 5.04. The van der Waals surface area contributed by atoms with Crippen molar-refractivity contribution in [3.05, 3.63) is 139 Å². The first-order valence-corrected chi connectivity index (χ1v) is 10.7. The number of aromatic nitrogens is 2. The van der Waals surface area contributed by atoms with Crippen molar-refractivity contribution in [3.63, 3.8) is 0 Å². The summed E-state index contributed by atoms with van der Waals surface area (Å²) in [6.07, 6.45) is 8.49. The Morgan fingerprint density at radius 2 is 1.41 bits per heavy atom. The topological polar surface area (TPSA) is 25.8 Å². The molecule has 0 saturated heterocycles. The molecular formula is C31H22N2Pt. The van der Waals surface area contributed by atoms with E-state index in [4.69, 9.17) is 11.4 Å². The first-order valence-electron chi connectivity index (χ1n) is 10.7. The van der Waals surface area contributed by atoms with E-state index in [9.17, 15) is 0 Å². The fourth-order valence-corrected chi connectivity index (χ4v) is 3.30. The molecule has 0 bridgehead atoms. The molecule has 0 spiro atoms. The Morgan fingerprint density at radius 1 is 0.706 bits per heavy atom. The summed E-state index contributed by atoms with van der Waals surface area (Å²) in [5.74, 6) is 2.28. The largest absolute Gasteiger partial charge is 2.00 e. The van der Waals surface area contributed by atoms with Crippen molar-refractivity contribution in [2.45, 2.75) is 6.92 Å². The SMILES string of the molecule is Cc1ccc(-c2cc(-c3[c-]cccc3)nc(-c3ccccn3)c2)cc1.[C-]#Cc1ccccc1.[Pt+2]. The summed E-state index contributed by atoms with van der Waals surface area (Å²) < 4.78 is 0. The van der Waals surface area contributed by atoms with E-state index in [0.717, 1.165) is 33.8 Å². The van der Waals surface area contributed by atoms with Crippen molar-refractivity contribution in [1.82, 2.24) is 9.97 Å². The molecule has 0 aliphatic heterocycles. The van der Waals surface area contributed by atoms with Crippen molar-refractivity contribution in [3.8, 4) is 39.7 Å². The van der Waals surface area contributed by atoms with Crippen LogP contribution < -0.4 is 0 Å². The summed E-state index contributed by atoms with van der Waals surface area (Å²) in [7, 11) is 0. The van der Waals surface area contributed by atoms with Gasteiger partial charge in [0.15, 0.2) is 0 Å². The number of aryl methyl sites for hydroxylation is 1. The van der Waals surface area contributed by atoms with Crippen LogP contribution in [-0.2, 0) is 21.1 Å². The molecule has 2 nitrogen and oxygen atoms in total. The minimum atomic E-state index is 0. The molecule has 0 fully saturated rings. The molecule has 2 heterocycles. The van der Waals surface area contributed by atoms with Gasteiger partial charge in [-0.2, -0.15) is 0 Å². The Kier molecular flexibility index (Phi) is 9.10. The number of pyridine rings is 2. The Morgan fingerprint density at radius 3 is 2.03 bits per heavy atom. The summed E-state index contributed by atoms with van der Waals surface area (Å²) in [6.45, 7) is 2.10. The maximum Gasteiger partial charge on any atom is 2.00 e. The van der Waals surface area contributed by atoms with Crippen LogP contribution in [0.4, 0.5) is 0 Å². The first-order chi connectivity index (χ1) is 16.2. The molecule has 0 aliphatic carbocycles. The molecule has 166 valence electrons. The number of benzene rings is 3. The summed E-state index contributed by atoms with van der Waals surface area (Å²) in [5, 5.41) is 0. The van der Waals surface area contributed by atoms with E-state index in [1.165, 1.54) is 11.1 Å². The zero-order valence-corrected chi connectivity index (χ0v) is 21.0. The molecule has 2 aromatic heterocycles. The van der Waals surface area contributed by atoms with Crippen molar-refractivity contribution in [2.75, 3.05) is 0 Å². The summed E-state index contributed by atoms with van der Waals surface area (Å²) >= 11 is 0.